The van der Waals surface area contributed by atoms with Crippen LogP contribution < -0.4 is 9.64 Å². The van der Waals surface area contributed by atoms with Gasteiger partial charge in [-0.15, -0.1) is 0 Å². The van der Waals surface area contributed by atoms with Gasteiger partial charge in [0.2, 0.25) is 5.91 Å². The Hall–Kier alpha value is -3.86. The Morgan fingerprint density at radius 2 is 1.84 bits per heavy atom. The summed E-state index contributed by atoms with van der Waals surface area (Å²) in [5.41, 5.74) is 7.76. The molecule has 1 aliphatic rings. The zero-order chi connectivity index (χ0) is 25.8. The summed E-state index contributed by atoms with van der Waals surface area (Å²) in [5.74, 6) is 1.25. The number of H-pyrrole nitrogens is 1. The van der Waals surface area contributed by atoms with E-state index in [1.165, 1.54) is 11.1 Å². The Balaban J connectivity index is 1.47. The summed E-state index contributed by atoms with van der Waals surface area (Å²) < 4.78 is 6.30. The molecule has 5 nitrogen and oxygen atoms in total. The van der Waals surface area contributed by atoms with Crippen molar-refractivity contribution in [1.82, 2.24) is 10.2 Å². The number of nitrogens with zero attached hydrogens (tertiary/aromatic N) is 2. The molecule has 0 radical (unpaired) electrons. The monoisotopic (exact) mass is 493 g/mol. The molecule has 1 atom stereocenters. The number of nitrogens with one attached hydrogen (secondary N) is 1. The molecule has 0 spiro atoms. The fourth-order valence-corrected chi connectivity index (χ4v) is 5.32. The first-order valence-corrected chi connectivity index (χ1v) is 13.2. The van der Waals surface area contributed by atoms with Gasteiger partial charge in [-0.05, 0) is 78.1 Å². The van der Waals surface area contributed by atoms with Crippen molar-refractivity contribution in [2.75, 3.05) is 4.90 Å². The number of benzene rings is 3. The average molecular weight is 494 g/mol. The molecule has 0 fully saturated rings. The quantitative estimate of drug-likeness (QED) is 0.285. The number of carbonyl (C=O) groups is 1. The third-order valence-corrected chi connectivity index (χ3v) is 7.37. The van der Waals surface area contributed by atoms with E-state index in [9.17, 15) is 4.79 Å². The van der Waals surface area contributed by atoms with Crippen LogP contribution in [0.3, 0.4) is 0 Å². The van der Waals surface area contributed by atoms with Crippen LogP contribution in [-0.2, 0) is 24.4 Å². The topological polar surface area (TPSA) is 58.2 Å². The van der Waals surface area contributed by atoms with E-state index >= 15 is 0 Å². The van der Waals surface area contributed by atoms with Crippen LogP contribution in [0.2, 0.25) is 0 Å². The number of hydrogen-bond acceptors (Lipinski definition) is 3. The zero-order valence-corrected chi connectivity index (χ0v) is 21.9. The van der Waals surface area contributed by atoms with Crippen molar-refractivity contribution in [2.24, 2.45) is 0 Å². The molecule has 0 aliphatic heterocycles. The molecule has 1 aromatic heterocycles. The molecule has 5 heteroatoms. The van der Waals surface area contributed by atoms with Gasteiger partial charge in [0.25, 0.3) is 0 Å². The molecule has 0 saturated heterocycles. The van der Waals surface area contributed by atoms with E-state index in [1.54, 1.807) is 6.20 Å². The standard InChI is InChI=1S/C32H35N3O2/c1-22(2)26-13-15-27(16-14-26)35(20-25-18-33-34-19-25)32(36)29-11-7-10-28-30(17-12-23(3)31(28)29)37-21-24-8-5-4-6-9-24/h4-6,8-9,12-19,22,29H,7,10-11,20-21H2,1-3H3,(H,33,34). The summed E-state index contributed by atoms with van der Waals surface area (Å²) in [6.45, 7) is 7.48. The van der Waals surface area contributed by atoms with Crippen LogP contribution >= 0.6 is 0 Å². The second kappa shape index (κ2) is 11.0. The molecule has 1 unspecified atom stereocenters. The number of hydrogen-bond donors (Lipinski definition) is 1. The Morgan fingerprint density at radius 3 is 2.54 bits per heavy atom. The van der Waals surface area contributed by atoms with Crippen molar-refractivity contribution in [3.8, 4) is 5.75 Å². The lowest BCUT2D eigenvalue weighted by Gasteiger charge is -2.33. The van der Waals surface area contributed by atoms with Gasteiger partial charge in [-0.2, -0.15) is 5.10 Å². The van der Waals surface area contributed by atoms with E-state index in [0.29, 0.717) is 19.1 Å². The normalized spacial score (nSPS) is 14.9. The number of anilines is 1. The van der Waals surface area contributed by atoms with Gasteiger partial charge in [0.1, 0.15) is 12.4 Å². The number of aryl methyl sites for hydroxylation is 1. The van der Waals surface area contributed by atoms with Gasteiger partial charge in [-0.1, -0.05) is 62.4 Å². The first-order valence-electron chi connectivity index (χ1n) is 13.2. The van der Waals surface area contributed by atoms with Crippen LogP contribution in [0.5, 0.6) is 5.75 Å². The predicted octanol–water partition coefficient (Wildman–Crippen LogP) is 7.07. The van der Waals surface area contributed by atoms with Gasteiger partial charge in [0, 0.05) is 17.4 Å². The van der Waals surface area contributed by atoms with E-state index in [1.807, 2.05) is 29.3 Å². The van der Waals surface area contributed by atoms with Gasteiger partial charge in [0.15, 0.2) is 0 Å². The maximum atomic E-state index is 14.3. The van der Waals surface area contributed by atoms with Crippen molar-refractivity contribution in [1.29, 1.82) is 0 Å². The minimum atomic E-state index is -0.208. The van der Waals surface area contributed by atoms with E-state index < -0.39 is 0 Å². The smallest absolute Gasteiger partial charge is 0.234 e. The summed E-state index contributed by atoms with van der Waals surface area (Å²) in [6, 6.07) is 22.8. The van der Waals surface area contributed by atoms with Gasteiger partial charge in [-0.3, -0.25) is 9.89 Å². The van der Waals surface area contributed by atoms with E-state index in [2.05, 4.69) is 79.5 Å². The van der Waals surface area contributed by atoms with E-state index in [4.69, 9.17) is 4.74 Å². The molecule has 1 aliphatic carbocycles. The Kier molecular flexibility index (Phi) is 7.40. The molecule has 1 N–H and O–H groups in total. The van der Waals surface area contributed by atoms with Crippen molar-refractivity contribution in [3.05, 3.63) is 113 Å². The maximum absolute atomic E-state index is 14.3. The Bertz CT molecular complexity index is 1330. The number of aromatic nitrogens is 2. The largest absolute Gasteiger partial charge is 0.489 e. The predicted molar refractivity (Wildman–Crippen MR) is 148 cm³/mol. The zero-order valence-electron chi connectivity index (χ0n) is 21.9. The maximum Gasteiger partial charge on any atom is 0.234 e. The summed E-state index contributed by atoms with van der Waals surface area (Å²) in [5, 5.41) is 6.99. The number of rotatable bonds is 8. The fourth-order valence-electron chi connectivity index (χ4n) is 5.32. The highest BCUT2D eigenvalue weighted by Gasteiger charge is 2.33. The van der Waals surface area contributed by atoms with E-state index in [-0.39, 0.29) is 11.8 Å². The number of ether oxygens (including phenoxy) is 1. The third-order valence-electron chi connectivity index (χ3n) is 7.37. The Morgan fingerprint density at radius 1 is 1.05 bits per heavy atom. The lowest BCUT2D eigenvalue weighted by Crippen LogP contribution is -2.36. The van der Waals surface area contributed by atoms with Crippen LogP contribution in [0, 0.1) is 6.92 Å². The molecule has 190 valence electrons. The second-order valence-corrected chi connectivity index (χ2v) is 10.3. The molecule has 5 rings (SSSR count). The lowest BCUT2D eigenvalue weighted by atomic mass is 9.79. The second-order valence-electron chi connectivity index (χ2n) is 10.3. The molecule has 1 heterocycles. The highest BCUT2D eigenvalue weighted by molar-refractivity contribution is 5.98. The summed E-state index contributed by atoms with van der Waals surface area (Å²) in [4.78, 5) is 16.2. The molecule has 1 amide bonds. The molecule has 4 aromatic rings. The van der Waals surface area contributed by atoms with Crippen molar-refractivity contribution in [3.63, 3.8) is 0 Å². The molecule has 0 bridgehead atoms. The van der Waals surface area contributed by atoms with Gasteiger partial charge in [0.05, 0.1) is 18.7 Å². The van der Waals surface area contributed by atoms with Gasteiger partial charge >= 0.3 is 0 Å². The number of amides is 1. The first-order chi connectivity index (χ1) is 18.0. The molecular weight excluding hydrogens is 458 g/mol. The highest BCUT2D eigenvalue weighted by atomic mass is 16.5. The highest BCUT2D eigenvalue weighted by Crippen LogP contribution is 2.41. The van der Waals surface area contributed by atoms with Crippen molar-refractivity contribution < 1.29 is 9.53 Å². The van der Waals surface area contributed by atoms with Gasteiger partial charge < -0.3 is 9.64 Å². The molecule has 37 heavy (non-hydrogen) atoms. The fraction of sp³-hybridized carbons (Fsp3) is 0.312. The summed E-state index contributed by atoms with van der Waals surface area (Å²) in [6.07, 6.45) is 6.37. The lowest BCUT2D eigenvalue weighted by molar-refractivity contribution is -0.120. The minimum absolute atomic E-state index is 0.128. The first kappa shape index (κ1) is 24.8. The average Bonchev–Trinajstić information content (AvgIpc) is 3.45. The van der Waals surface area contributed by atoms with Crippen LogP contribution in [-0.4, -0.2) is 16.1 Å². The molecular formula is C32H35N3O2. The summed E-state index contributed by atoms with van der Waals surface area (Å²) >= 11 is 0. The molecule has 3 aromatic carbocycles. The number of carbonyl (C=O) groups excluding carboxylic acids is 1. The third kappa shape index (κ3) is 5.46. The van der Waals surface area contributed by atoms with Crippen LogP contribution in [0.1, 0.15) is 71.9 Å². The minimum Gasteiger partial charge on any atom is -0.489 e. The van der Waals surface area contributed by atoms with Crippen molar-refractivity contribution >= 4 is 11.6 Å². The Labute approximate surface area is 219 Å². The van der Waals surface area contributed by atoms with Crippen molar-refractivity contribution in [2.45, 2.75) is 65.0 Å². The van der Waals surface area contributed by atoms with Gasteiger partial charge in [-0.25, -0.2) is 0 Å². The number of aromatic amines is 1. The van der Waals surface area contributed by atoms with Crippen LogP contribution in [0.15, 0.2) is 79.1 Å². The van der Waals surface area contributed by atoms with Crippen LogP contribution in [0.25, 0.3) is 0 Å². The van der Waals surface area contributed by atoms with E-state index in [0.717, 1.165) is 53.0 Å². The molecule has 0 saturated carbocycles. The SMILES string of the molecule is Cc1ccc(OCc2ccccc2)c2c1C(C(=O)N(Cc1cn[nH]c1)c1ccc(C(C)C)cc1)CCC2. The summed E-state index contributed by atoms with van der Waals surface area (Å²) in [7, 11) is 0. The van der Waals surface area contributed by atoms with Crippen LogP contribution in [0.4, 0.5) is 5.69 Å². The number of fused-ring (bicyclic) bond motifs is 1.